The van der Waals surface area contributed by atoms with Crippen molar-refractivity contribution in [1.82, 2.24) is 9.55 Å². The Morgan fingerprint density at radius 2 is 2.19 bits per heavy atom. The molecule has 3 aromatic rings. The zero-order valence-electron chi connectivity index (χ0n) is 15.0. The predicted molar refractivity (Wildman–Crippen MR) is 107 cm³/mol. The number of nitrogens with two attached hydrogens (primary N) is 1. The lowest BCUT2D eigenvalue weighted by Crippen LogP contribution is -2.29. The molecule has 0 spiro atoms. The third kappa shape index (κ3) is 3.83. The van der Waals surface area contributed by atoms with Crippen molar-refractivity contribution in [2.24, 2.45) is 5.92 Å². The molecule has 2 heterocycles. The highest BCUT2D eigenvalue weighted by molar-refractivity contribution is 7.13. The van der Waals surface area contributed by atoms with Crippen LogP contribution in [0.3, 0.4) is 0 Å². The van der Waals surface area contributed by atoms with E-state index in [1.54, 1.807) is 12.3 Å². The molecule has 4 rings (SSSR count). The lowest BCUT2D eigenvalue weighted by atomic mass is 9.84. The number of hydrogen-bond acceptors (Lipinski definition) is 4. The Hall–Kier alpha value is -2.41. The van der Waals surface area contributed by atoms with Gasteiger partial charge in [0.15, 0.2) is 5.13 Å². The molecule has 7 heteroatoms. The second kappa shape index (κ2) is 7.68. The maximum atomic E-state index is 13.7. The van der Waals surface area contributed by atoms with Gasteiger partial charge in [0, 0.05) is 28.5 Å². The van der Waals surface area contributed by atoms with Crippen LogP contribution in [0.15, 0.2) is 36.0 Å². The first-order valence-electron chi connectivity index (χ1n) is 9.38. The molecule has 1 aliphatic carbocycles. The van der Waals surface area contributed by atoms with E-state index < -0.39 is 6.04 Å². The highest BCUT2D eigenvalue weighted by Crippen LogP contribution is 2.35. The summed E-state index contributed by atoms with van der Waals surface area (Å²) in [5.74, 6) is 0.470. The molecular formula is C20H23FN4OS. The van der Waals surface area contributed by atoms with Crippen LogP contribution in [0, 0.1) is 11.7 Å². The van der Waals surface area contributed by atoms with Gasteiger partial charge in [0.25, 0.3) is 0 Å². The van der Waals surface area contributed by atoms with Crippen molar-refractivity contribution in [3.63, 3.8) is 0 Å². The van der Waals surface area contributed by atoms with E-state index in [1.807, 2.05) is 16.1 Å². The molecule has 1 fully saturated rings. The molecule has 5 nitrogen and oxygen atoms in total. The smallest absolute Gasteiger partial charge is 0.249 e. The number of carbonyl (C=O) groups excluding carboxylic acids is 1. The van der Waals surface area contributed by atoms with Crippen LogP contribution in [0.1, 0.15) is 44.6 Å². The Labute approximate surface area is 161 Å². The zero-order valence-corrected chi connectivity index (χ0v) is 15.8. The van der Waals surface area contributed by atoms with Gasteiger partial charge in [0.05, 0.1) is 0 Å². The van der Waals surface area contributed by atoms with Gasteiger partial charge in [0.1, 0.15) is 17.7 Å². The van der Waals surface area contributed by atoms with Crippen molar-refractivity contribution >= 4 is 39.0 Å². The second-order valence-corrected chi connectivity index (χ2v) is 8.13. The van der Waals surface area contributed by atoms with Gasteiger partial charge in [-0.15, -0.1) is 11.3 Å². The summed E-state index contributed by atoms with van der Waals surface area (Å²) in [7, 11) is 0. The number of hydrogen-bond donors (Lipinski definition) is 2. The SMILES string of the molecule is Nc1c2cc(F)ccc2cn1C(CC1CCCCC1)C(=O)Nc1nccs1. The van der Waals surface area contributed by atoms with Crippen molar-refractivity contribution in [3.05, 3.63) is 41.8 Å². The summed E-state index contributed by atoms with van der Waals surface area (Å²) in [4.78, 5) is 17.2. The Kier molecular flexibility index (Phi) is 5.11. The fourth-order valence-electron chi connectivity index (χ4n) is 4.04. The number of benzene rings is 1. The number of amides is 1. The minimum atomic E-state index is -0.438. The Balaban J connectivity index is 1.68. The number of nitrogen functional groups attached to an aromatic ring is 1. The number of nitrogens with one attached hydrogen (secondary N) is 1. The molecule has 0 bridgehead atoms. The predicted octanol–water partition coefficient (Wildman–Crippen LogP) is 4.97. The molecular weight excluding hydrogens is 363 g/mol. The highest BCUT2D eigenvalue weighted by atomic mass is 32.1. The Bertz CT molecular complexity index is 931. The number of fused-ring (bicyclic) bond motifs is 1. The molecule has 1 atom stereocenters. The number of halogens is 1. The van der Waals surface area contributed by atoms with E-state index in [0.29, 0.717) is 22.3 Å². The molecule has 1 aliphatic rings. The normalized spacial score (nSPS) is 16.5. The number of thiazole rings is 1. The third-order valence-electron chi connectivity index (χ3n) is 5.43. The number of aromatic nitrogens is 2. The molecule has 0 saturated heterocycles. The molecule has 0 aliphatic heterocycles. The second-order valence-electron chi connectivity index (χ2n) is 7.24. The van der Waals surface area contributed by atoms with E-state index in [9.17, 15) is 9.18 Å². The molecule has 2 aromatic heterocycles. The maximum absolute atomic E-state index is 13.7. The average Bonchev–Trinajstić information content (AvgIpc) is 3.29. The van der Waals surface area contributed by atoms with Crippen molar-refractivity contribution in [2.45, 2.75) is 44.6 Å². The van der Waals surface area contributed by atoms with E-state index in [2.05, 4.69) is 10.3 Å². The summed E-state index contributed by atoms with van der Waals surface area (Å²) in [6.45, 7) is 0. The van der Waals surface area contributed by atoms with E-state index >= 15 is 0 Å². The fraction of sp³-hybridized carbons (Fsp3) is 0.400. The van der Waals surface area contributed by atoms with Gasteiger partial charge in [-0.1, -0.05) is 32.1 Å². The molecule has 27 heavy (non-hydrogen) atoms. The number of nitrogens with zero attached hydrogens (tertiary/aromatic N) is 2. The van der Waals surface area contributed by atoms with Gasteiger partial charge < -0.3 is 15.6 Å². The molecule has 0 radical (unpaired) electrons. The van der Waals surface area contributed by atoms with Crippen LogP contribution < -0.4 is 11.1 Å². The molecule has 1 amide bonds. The van der Waals surface area contributed by atoms with Gasteiger partial charge in [0.2, 0.25) is 5.91 Å². The van der Waals surface area contributed by atoms with Crippen LogP contribution in [-0.2, 0) is 4.79 Å². The summed E-state index contributed by atoms with van der Waals surface area (Å²) in [5.41, 5.74) is 6.33. The monoisotopic (exact) mass is 386 g/mol. The summed E-state index contributed by atoms with van der Waals surface area (Å²) >= 11 is 1.39. The van der Waals surface area contributed by atoms with Crippen molar-refractivity contribution < 1.29 is 9.18 Å². The van der Waals surface area contributed by atoms with E-state index in [-0.39, 0.29) is 11.7 Å². The van der Waals surface area contributed by atoms with Crippen LogP contribution >= 0.6 is 11.3 Å². The van der Waals surface area contributed by atoms with Crippen molar-refractivity contribution in [3.8, 4) is 0 Å². The van der Waals surface area contributed by atoms with Crippen molar-refractivity contribution in [1.29, 1.82) is 0 Å². The van der Waals surface area contributed by atoms with E-state index in [0.717, 1.165) is 24.6 Å². The molecule has 3 N–H and O–H groups in total. The fourth-order valence-corrected chi connectivity index (χ4v) is 4.57. The number of rotatable bonds is 5. The quantitative estimate of drug-likeness (QED) is 0.650. The standard InChI is InChI=1S/C20H23FN4OS/c21-15-7-6-14-12-25(18(22)16(14)11-15)17(10-13-4-2-1-3-5-13)19(26)24-20-23-8-9-27-20/h6-9,11-13,17H,1-5,10,22H2,(H,23,24,26). The van der Waals surface area contributed by atoms with Gasteiger partial charge in [-0.25, -0.2) is 9.37 Å². The maximum Gasteiger partial charge on any atom is 0.249 e. The van der Waals surface area contributed by atoms with Gasteiger partial charge >= 0.3 is 0 Å². The van der Waals surface area contributed by atoms with Crippen LogP contribution in [0.25, 0.3) is 10.8 Å². The first kappa shape index (κ1) is 18.0. The van der Waals surface area contributed by atoms with Crippen LogP contribution in [0.5, 0.6) is 0 Å². The van der Waals surface area contributed by atoms with Crippen LogP contribution in [0.2, 0.25) is 0 Å². The van der Waals surface area contributed by atoms with Gasteiger partial charge in [-0.3, -0.25) is 4.79 Å². The number of carbonyl (C=O) groups is 1. The molecule has 1 aromatic carbocycles. The first-order chi connectivity index (χ1) is 13.1. The summed E-state index contributed by atoms with van der Waals surface area (Å²) in [5, 5.41) is 6.80. The summed E-state index contributed by atoms with van der Waals surface area (Å²) in [6, 6.07) is 4.11. The lowest BCUT2D eigenvalue weighted by Gasteiger charge is -2.27. The van der Waals surface area contributed by atoms with Crippen LogP contribution in [0.4, 0.5) is 15.3 Å². The van der Waals surface area contributed by atoms with E-state index in [1.165, 1.54) is 42.7 Å². The van der Waals surface area contributed by atoms with Crippen molar-refractivity contribution in [2.75, 3.05) is 11.1 Å². The largest absolute Gasteiger partial charge is 0.385 e. The molecule has 1 unspecified atom stereocenters. The molecule has 142 valence electrons. The summed E-state index contributed by atoms with van der Waals surface area (Å²) in [6.07, 6.45) is 10.2. The molecule has 1 saturated carbocycles. The van der Waals surface area contributed by atoms with Gasteiger partial charge in [-0.05, 0) is 30.5 Å². The average molecular weight is 386 g/mol. The first-order valence-corrected chi connectivity index (χ1v) is 10.3. The third-order valence-corrected chi connectivity index (χ3v) is 6.12. The highest BCUT2D eigenvalue weighted by Gasteiger charge is 2.28. The van der Waals surface area contributed by atoms with E-state index in [4.69, 9.17) is 5.73 Å². The zero-order chi connectivity index (χ0) is 18.8. The van der Waals surface area contributed by atoms with Crippen LogP contribution in [-0.4, -0.2) is 15.5 Å². The topological polar surface area (TPSA) is 72.9 Å². The lowest BCUT2D eigenvalue weighted by molar-refractivity contribution is -0.119. The van der Waals surface area contributed by atoms with Gasteiger partial charge in [-0.2, -0.15) is 0 Å². The number of anilines is 2. The summed E-state index contributed by atoms with van der Waals surface area (Å²) < 4.78 is 15.5. The Morgan fingerprint density at radius 3 is 2.93 bits per heavy atom. The minimum Gasteiger partial charge on any atom is -0.385 e. The minimum absolute atomic E-state index is 0.122. The Morgan fingerprint density at radius 1 is 1.37 bits per heavy atom.